The molecule has 0 atom stereocenters. The molecule has 1 aromatic heterocycles. The van der Waals surface area contributed by atoms with E-state index in [1.165, 1.54) is 11.9 Å². The van der Waals surface area contributed by atoms with Gasteiger partial charge in [-0.05, 0) is 59.5 Å². The number of aryl methyl sites for hydroxylation is 2. The summed E-state index contributed by atoms with van der Waals surface area (Å²) in [5, 5.41) is 2.98. The maximum absolute atomic E-state index is 5.91. The summed E-state index contributed by atoms with van der Waals surface area (Å²) in [5.41, 5.74) is 3.48. The molecule has 1 N–H and O–H groups in total. The van der Waals surface area contributed by atoms with Gasteiger partial charge in [0.1, 0.15) is 22.4 Å². The highest BCUT2D eigenvalue weighted by atomic mass is 79.9. The van der Waals surface area contributed by atoms with E-state index in [-0.39, 0.29) is 0 Å². The normalized spacial score (nSPS) is 10.4. The van der Waals surface area contributed by atoms with E-state index in [4.69, 9.17) is 4.74 Å². The van der Waals surface area contributed by atoms with Gasteiger partial charge in [0.05, 0.1) is 0 Å². The van der Waals surface area contributed by atoms with Gasteiger partial charge in [-0.3, -0.25) is 0 Å². The van der Waals surface area contributed by atoms with Crippen LogP contribution in [-0.2, 0) is 0 Å². The summed E-state index contributed by atoms with van der Waals surface area (Å²) in [5.74, 6) is 2.03. The van der Waals surface area contributed by atoms with Crippen molar-refractivity contribution in [3.05, 3.63) is 39.6 Å². The zero-order chi connectivity index (χ0) is 14.0. The molecule has 2 rings (SSSR count). The predicted octanol–water partition coefficient (Wildman–Crippen LogP) is 4.00. The van der Waals surface area contributed by atoms with Crippen LogP contribution in [0.1, 0.15) is 16.7 Å². The smallest absolute Gasteiger partial charge is 0.238 e. The molecule has 0 radical (unpaired) electrons. The lowest BCUT2D eigenvalue weighted by atomic mass is 10.1. The first-order valence-corrected chi connectivity index (χ1v) is 6.76. The molecule has 0 aliphatic carbocycles. The lowest BCUT2D eigenvalue weighted by Gasteiger charge is -2.13. The number of nitrogens with one attached hydrogen (secondary N) is 1. The minimum atomic E-state index is 0.507. The van der Waals surface area contributed by atoms with Crippen LogP contribution in [0.3, 0.4) is 0 Å². The molecule has 100 valence electrons. The van der Waals surface area contributed by atoms with Crippen molar-refractivity contribution in [2.45, 2.75) is 20.8 Å². The van der Waals surface area contributed by atoms with E-state index in [0.717, 1.165) is 21.3 Å². The molecular weight excluding hydrogens is 306 g/mol. The molecular formula is C14H16BrN3O. The van der Waals surface area contributed by atoms with Crippen molar-refractivity contribution >= 4 is 21.7 Å². The van der Waals surface area contributed by atoms with Gasteiger partial charge < -0.3 is 10.1 Å². The number of ether oxygens (including phenoxy) is 1. The van der Waals surface area contributed by atoms with Crippen LogP contribution in [0.25, 0.3) is 0 Å². The first kappa shape index (κ1) is 13.8. The molecule has 0 bridgehead atoms. The van der Waals surface area contributed by atoms with Crippen molar-refractivity contribution in [3.8, 4) is 11.6 Å². The SMILES string of the molecule is CNc1ncnc(Oc2cc(C)cc(C)c2C)c1Br. The molecule has 0 amide bonds. The van der Waals surface area contributed by atoms with Crippen molar-refractivity contribution in [2.24, 2.45) is 0 Å². The molecule has 0 spiro atoms. The number of benzene rings is 1. The molecule has 5 heteroatoms. The number of nitrogens with zero attached hydrogens (tertiary/aromatic N) is 2. The Balaban J connectivity index is 2.42. The standard InChI is InChI=1S/C14H16BrN3O/c1-8-5-9(2)10(3)11(6-8)19-14-12(15)13(16-4)17-7-18-14/h5-7H,1-4H3,(H,16,17,18). The van der Waals surface area contributed by atoms with Gasteiger partial charge >= 0.3 is 0 Å². The number of hydrogen-bond donors (Lipinski definition) is 1. The van der Waals surface area contributed by atoms with Gasteiger partial charge in [-0.25, -0.2) is 9.97 Å². The first-order valence-electron chi connectivity index (χ1n) is 5.97. The number of halogens is 1. The Bertz CT molecular complexity index is 614. The monoisotopic (exact) mass is 321 g/mol. The zero-order valence-electron chi connectivity index (χ0n) is 11.4. The lowest BCUT2D eigenvalue weighted by Crippen LogP contribution is -1.99. The average molecular weight is 322 g/mol. The van der Waals surface area contributed by atoms with Crippen LogP contribution < -0.4 is 10.1 Å². The minimum absolute atomic E-state index is 0.507. The van der Waals surface area contributed by atoms with Crippen molar-refractivity contribution in [3.63, 3.8) is 0 Å². The van der Waals surface area contributed by atoms with Crippen molar-refractivity contribution in [1.82, 2.24) is 9.97 Å². The van der Waals surface area contributed by atoms with Crippen molar-refractivity contribution in [2.75, 3.05) is 12.4 Å². The maximum atomic E-state index is 5.91. The second kappa shape index (κ2) is 5.57. The zero-order valence-corrected chi connectivity index (χ0v) is 13.0. The van der Waals surface area contributed by atoms with Crippen LogP contribution in [0.2, 0.25) is 0 Å². The third-order valence-electron chi connectivity index (χ3n) is 2.96. The molecule has 4 nitrogen and oxygen atoms in total. The molecule has 0 aliphatic heterocycles. The van der Waals surface area contributed by atoms with Crippen LogP contribution >= 0.6 is 15.9 Å². The van der Waals surface area contributed by atoms with Crippen LogP contribution in [0.15, 0.2) is 22.9 Å². The van der Waals surface area contributed by atoms with E-state index in [2.05, 4.69) is 44.2 Å². The number of hydrogen-bond acceptors (Lipinski definition) is 4. The van der Waals surface area contributed by atoms with Gasteiger partial charge in [-0.15, -0.1) is 0 Å². The van der Waals surface area contributed by atoms with Gasteiger partial charge in [0.2, 0.25) is 5.88 Å². The topological polar surface area (TPSA) is 47.0 Å². The highest BCUT2D eigenvalue weighted by molar-refractivity contribution is 9.10. The molecule has 0 aliphatic rings. The minimum Gasteiger partial charge on any atom is -0.437 e. The summed E-state index contributed by atoms with van der Waals surface area (Å²) in [6, 6.07) is 4.15. The Kier molecular flexibility index (Phi) is 4.04. The second-order valence-electron chi connectivity index (χ2n) is 4.40. The lowest BCUT2D eigenvalue weighted by molar-refractivity contribution is 0.454. The third-order valence-corrected chi connectivity index (χ3v) is 3.68. The molecule has 2 aromatic rings. The Morgan fingerprint density at radius 3 is 2.58 bits per heavy atom. The quantitative estimate of drug-likeness (QED) is 0.928. The highest BCUT2D eigenvalue weighted by Crippen LogP contribution is 2.34. The van der Waals surface area contributed by atoms with Gasteiger partial charge in [0.25, 0.3) is 0 Å². The number of aromatic nitrogens is 2. The summed E-state index contributed by atoms with van der Waals surface area (Å²) < 4.78 is 6.62. The highest BCUT2D eigenvalue weighted by Gasteiger charge is 2.12. The largest absolute Gasteiger partial charge is 0.437 e. The van der Waals surface area contributed by atoms with Gasteiger partial charge in [0.15, 0.2) is 0 Å². The predicted molar refractivity (Wildman–Crippen MR) is 80.0 cm³/mol. The summed E-state index contributed by atoms with van der Waals surface area (Å²) in [6.07, 6.45) is 1.48. The third kappa shape index (κ3) is 2.87. The Hall–Kier alpha value is -1.62. The summed E-state index contributed by atoms with van der Waals surface area (Å²) in [4.78, 5) is 8.27. The van der Waals surface area contributed by atoms with E-state index >= 15 is 0 Å². The van der Waals surface area contributed by atoms with Crippen LogP contribution in [0, 0.1) is 20.8 Å². The van der Waals surface area contributed by atoms with E-state index in [1.54, 1.807) is 7.05 Å². The number of rotatable bonds is 3. The van der Waals surface area contributed by atoms with Crippen LogP contribution in [0.5, 0.6) is 11.6 Å². The molecule has 19 heavy (non-hydrogen) atoms. The van der Waals surface area contributed by atoms with E-state index in [9.17, 15) is 0 Å². The van der Waals surface area contributed by atoms with E-state index in [1.807, 2.05) is 19.9 Å². The second-order valence-corrected chi connectivity index (χ2v) is 5.19. The van der Waals surface area contributed by atoms with Crippen molar-refractivity contribution < 1.29 is 4.74 Å². The van der Waals surface area contributed by atoms with Crippen LogP contribution in [0.4, 0.5) is 5.82 Å². The fraction of sp³-hybridized carbons (Fsp3) is 0.286. The molecule has 1 heterocycles. The number of anilines is 1. The van der Waals surface area contributed by atoms with E-state index < -0.39 is 0 Å². The fourth-order valence-electron chi connectivity index (χ4n) is 1.81. The molecule has 1 aromatic carbocycles. The summed E-state index contributed by atoms with van der Waals surface area (Å²) in [6.45, 7) is 6.16. The maximum Gasteiger partial charge on any atom is 0.238 e. The Labute approximate surface area is 121 Å². The van der Waals surface area contributed by atoms with Gasteiger partial charge in [0, 0.05) is 7.05 Å². The van der Waals surface area contributed by atoms with Gasteiger partial charge in [-0.2, -0.15) is 0 Å². The fourth-order valence-corrected chi connectivity index (χ4v) is 2.29. The Morgan fingerprint density at radius 2 is 1.89 bits per heavy atom. The summed E-state index contributed by atoms with van der Waals surface area (Å²) in [7, 11) is 1.80. The van der Waals surface area contributed by atoms with Crippen molar-refractivity contribution in [1.29, 1.82) is 0 Å². The molecule has 0 unspecified atom stereocenters. The Morgan fingerprint density at radius 1 is 1.16 bits per heavy atom. The van der Waals surface area contributed by atoms with E-state index in [0.29, 0.717) is 11.7 Å². The first-order chi connectivity index (χ1) is 9.02. The van der Waals surface area contributed by atoms with Gasteiger partial charge in [-0.1, -0.05) is 6.07 Å². The molecule has 0 saturated heterocycles. The molecule has 0 saturated carbocycles. The molecule has 0 fully saturated rings. The van der Waals surface area contributed by atoms with Crippen LogP contribution in [-0.4, -0.2) is 17.0 Å². The summed E-state index contributed by atoms with van der Waals surface area (Å²) >= 11 is 3.45. The average Bonchev–Trinajstić information content (AvgIpc) is 2.37.